The second-order valence-electron chi connectivity index (χ2n) is 12.6. The molecule has 3 aliphatic rings. The first kappa shape index (κ1) is 33.6. The highest BCUT2D eigenvalue weighted by Crippen LogP contribution is 2.43. The normalized spacial score (nSPS) is 34.9. The molecule has 1 aromatic heterocycles. The fraction of sp³-hybridized carbons (Fsp3) is 0.571. The van der Waals surface area contributed by atoms with Crippen LogP contribution in [0.2, 0.25) is 0 Å². The number of epoxide rings is 1. The van der Waals surface area contributed by atoms with Crippen LogP contribution in [0.25, 0.3) is 6.08 Å². The molecule has 4 rings (SSSR count). The van der Waals surface area contributed by atoms with Crippen LogP contribution >= 0.6 is 0 Å². The average Bonchev–Trinajstić information content (AvgIpc) is 3.47. The fourth-order valence-electron chi connectivity index (χ4n) is 6.11. The molecule has 1 N–H and O–H groups in total. The van der Waals surface area contributed by atoms with Crippen LogP contribution in [0.3, 0.4) is 0 Å². The highest BCUT2D eigenvalue weighted by molar-refractivity contribution is 5.82. The molecular weight excluding hydrogens is 562 g/mol. The Hall–Kier alpha value is -3.27. The van der Waals surface area contributed by atoms with Crippen LogP contribution < -0.4 is 0 Å². The summed E-state index contributed by atoms with van der Waals surface area (Å²) < 4.78 is 28.7. The maximum absolute atomic E-state index is 13.0. The summed E-state index contributed by atoms with van der Waals surface area (Å²) in [5.41, 5.74) is 1.88. The maximum atomic E-state index is 13.0. The largest absolute Gasteiger partial charge is 0.462 e. The number of oxazole rings is 1. The number of carbonyl (C=O) groups excluding carboxylic acids is 2. The van der Waals surface area contributed by atoms with E-state index in [2.05, 4.69) is 4.98 Å². The predicted octanol–water partition coefficient (Wildman–Crippen LogP) is 5.83. The summed E-state index contributed by atoms with van der Waals surface area (Å²) >= 11 is 0. The molecule has 0 unspecified atom stereocenters. The van der Waals surface area contributed by atoms with E-state index >= 15 is 0 Å². The molecule has 3 aliphatic heterocycles. The van der Waals surface area contributed by atoms with Crippen molar-refractivity contribution in [3.63, 3.8) is 0 Å². The summed E-state index contributed by atoms with van der Waals surface area (Å²) in [6.07, 6.45) is 15.9. The van der Waals surface area contributed by atoms with Gasteiger partial charge in [0, 0.05) is 44.8 Å². The minimum atomic E-state index is -0.892. The molecule has 240 valence electrons. The van der Waals surface area contributed by atoms with E-state index in [1.165, 1.54) is 6.08 Å². The van der Waals surface area contributed by atoms with Gasteiger partial charge in [-0.25, -0.2) is 9.78 Å². The Labute approximate surface area is 260 Å². The van der Waals surface area contributed by atoms with Gasteiger partial charge in [-0.3, -0.25) is 4.79 Å². The number of hydrogen-bond acceptors (Lipinski definition) is 9. The van der Waals surface area contributed by atoms with Gasteiger partial charge in [0.1, 0.15) is 35.9 Å². The molecule has 0 amide bonds. The number of carbonyl (C=O) groups is 2. The smallest absolute Gasteiger partial charge is 0.330 e. The molecule has 2 bridgehead atoms. The molecule has 44 heavy (non-hydrogen) atoms. The molecule has 4 heterocycles. The van der Waals surface area contributed by atoms with E-state index in [1.54, 1.807) is 26.4 Å². The van der Waals surface area contributed by atoms with Crippen LogP contribution in [0.1, 0.15) is 71.9 Å². The molecule has 2 fully saturated rings. The Balaban J connectivity index is 1.51. The first-order valence-electron chi connectivity index (χ1n) is 15.5. The molecule has 2 saturated heterocycles. The van der Waals surface area contributed by atoms with Gasteiger partial charge in [0.15, 0.2) is 5.89 Å². The Bertz CT molecular complexity index is 1320. The van der Waals surface area contributed by atoms with Gasteiger partial charge in [-0.15, -0.1) is 0 Å². The number of ether oxygens (including phenoxy) is 4. The van der Waals surface area contributed by atoms with E-state index < -0.39 is 23.8 Å². The monoisotopic (exact) mass is 609 g/mol. The summed E-state index contributed by atoms with van der Waals surface area (Å²) in [5.74, 6) is -0.299. The van der Waals surface area contributed by atoms with Crippen molar-refractivity contribution in [2.24, 2.45) is 17.8 Å². The summed E-state index contributed by atoms with van der Waals surface area (Å²) in [7, 11) is 1.63. The zero-order valence-corrected chi connectivity index (χ0v) is 26.9. The number of esters is 2. The molecule has 9 atom stereocenters. The minimum Gasteiger partial charge on any atom is -0.462 e. The predicted molar refractivity (Wildman–Crippen MR) is 166 cm³/mol. The molecular formula is C35H47NO8. The van der Waals surface area contributed by atoms with Gasteiger partial charge in [0.05, 0.1) is 12.2 Å². The topological polar surface area (TPSA) is 121 Å². The number of cyclic esters (lactones) is 1. The first-order valence-corrected chi connectivity index (χ1v) is 15.5. The Kier molecular flexibility index (Phi) is 11.2. The lowest BCUT2D eigenvalue weighted by molar-refractivity contribution is -0.158. The van der Waals surface area contributed by atoms with Crippen molar-refractivity contribution < 1.29 is 38.1 Å². The summed E-state index contributed by atoms with van der Waals surface area (Å²) in [6.45, 7) is 11.6. The fourth-order valence-corrected chi connectivity index (χ4v) is 6.11. The van der Waals surface area contributed by atoms with Crippen LogP contribution in [0, 0.1) is 24.7 Å². The second-order valence-corrected chi connectivity index (χ2v) is 12.6. The minimum absolute atomic E-state index is 0.000898. The van der Waals surface area contributed by atoms with Crippen molar-refractivity contribution in [2.75, 3.05) is 7.11 Å². The van der Waals surface area contributed by atoms with E-state index in [-0.39, 0.29) is 48.5 Å². The lowest BCUT2D eigenvalue weighted by Crippen LogP contribution is -2.41. The van der Waals surface area contributed by atoms with Crippen molar-refractivity contribution in [1.29, 1.82) is 0 Å². The van der Waals surface area contributed by atoms with Gasteiger partial charge in [0.2, 0.25) is 0 Å². The summed E-state index contributed by atoms with van der Waals surface area (Å²) in [5, 5.41) is 11.3. The van der Waals surface area contributed by atoms with E-state index in [0.29, 0.717) is 25.2 Å². The van der Waals surface area contributed by atoms with Crippen LogP contribution in [-0.4, -0.2) is 65.3 Å². The summed E-state index contributed by atoms with van der Waals surface area (Å²) in [6, 6.07) is 0. The van der Waals surface area contributed by atoms with Crippen molar-refractivity contribution in [2.45, 2.75) is 103 Å². The number of aryl methyl sites for hydroxylation is 1. The standard InChI is InChI=1S/C35H47NO8/c1-21(16-27-20-41-25(5)36-27)10-8-11-23(3)34(40-7)24(4)29-19-30(37)35(6)31(44-35)15-14-22(2)28-17-26(18-33(39)42-28)12-9-13-32(38)43-29/h8-11,13-16,20,22,24,26,28-31,34,37H,12,17-19H2,1-7H3/b10-8+,13-9+,15-14+,21-16+,23-11+/t22-,24+,26-,28-,29+,30+,31-,34+,35-/m1/s1. The molecule has 0 spiro atoms. The third-order valence-corrected chi connectivity index (χ3v) is 8.97. The third kappa shape index (κ3) is 8.67. The number of methoxy groups -OCH3 is 1. The number of aliphatic hydroxyl groups excluding tert-OH is 1. The number of allylic oxidation sites excluding steroid dienone is 5. The molecule has 0 aromatic carbocycles. The molecule has 0 saturated carbocycles. The summed E-state index contributed by atoms with van der Waals surface area (Å²) in [4.78, 5) is 29.6. The van der Waals surface area contributed by atoms with Crippen LogP contribution in [0.5, 0.6) is 0 Å². The lowest BCUT2D eigenvalue weighted by atomic mass is 9.85. The van der Waals surface area contributed by atoms with Crippen LogP contribution in [-0.2, 0) is 28.5 Å². The van der Waals surface area contributed by atoms with Gasteiger partial charge in [0.25, 0.3) is 0 Å². The maximum Gasteiger partial charge on any atom is 0.330 e. The number of aliphatic hydroxyl groups is 1. The molecule has 1 aromatic rings. The van der Waals surface area contributed by atoms with Crippen molar-refractivity contribution >= 4 is 18.0 Å². The van der Waals surface area contributed by atoms with E-state index in [0.717, 1.165) is 16.8 Å². The van der Waals surface area contributed by atoms with Gasteiger partial charge in [-0.2, -0.15) is 0 Å². The third-order valence-electron chi connectivity index (χ3n) is 8.97. The SMILES string of the molecule is CO[C@@H](/C(C)=C/C=C/C(C)=C/c1coc(C)n1)[C@@H](C)[C@@H]1C[C@H](O)[C@@]2(C)O[C@@H]2/C=C/[C@@H](C)[C@H]2C[C@@H](C/C=C/C(=O)O1)CC(=O)O2. The lowest BCUT2D eigenvalue weighted by Gasteiger charge is -2.32. The second kappa shape index (κ2) is 14.7. The van der Waals surface area contributed by atoms with E-state index in [1.807, 2.05) is 71.1 Å². The molecule has 9 heteroatoms. The first-order chi connectivity index (χ1) is 20.9. The zero-order valence-electron chi connectivity index (χ0n) is 26.9. The van der Waals surface area contributed by atoms with Crippen LogP contribution in [0.4, 0.5) is 0 Å². The van der Waals surface area contributed by atoms with Crippen LogP contribution in [0.15, 0.2) is 64.4 Å². The van der Waals surface area contributed by atoms with E-state index in [4.69, 9.17) is 23.4 Å². The number of fused-ring (bicyclic) bond motifs is 3. The Morgan fingerprint density at radius 1 is 1.20 bits per heavy atom. The van der Waals surface area contributed by atoms with Gasteiger partial charge >= 0.3 is 11.9 Å². The Morgan fingerprint density at radius 2 is 1.98 bits per heavy atom. The van der Waals surface area contributed by atoms with Gasteiger partial charge < -0.3 is 28.5 Å². The Morgan fingerprint density at radius 3 is 2.68 bits per heavy atom. The number of hydrogen-bond donors (Lipinski definition) is 1. The zero-order chi connectivity index (χ0) is 32.0. The number of rotatable bonds is 7. The van der Waals surface area contributed by atoms with Crippen molar-refractivity contribution in [3.05, 3.63) is 71.5 Å². The average molecular weight is 610 g/mol. The highest BCUT2D eigenvalue weighted by atomic mass is 16.6. The highest BCUT2D eigenvalue weighted by Gasteiger charge is 2.57. The van der Waals surface area contributed by atoms with Gasteiger partial charge in [-0.1, -0.05) is 50.3 Å². The quantitative estimate of drug-likeness (QED) is 0.176. The van der Waals surface area contributed by atoms with Crippen molar-refractivity contribution in [3.8, 4) is 0 Å². The number of aromatic nitrogens is 1. The molecule has 0 aliphatic carbocycles. The van der Waals surface area contributed by atoms with E-state index in [9.17, 15) is 14.7 Å². The molecule has 9 nitrogen and oxygen atoms in total. The van der Waals surface area contributed by atoms with Gasteiger partial charge in [-0.05, 0) is 56.8 Å². The number of nitrogens with zero attached hydrogens (tertiary/aromatic N) is 1. The van der Waals surface area contributed by atoms with Crippen molar-refractivity contribution in [1.82, 2.24) is 4.98 Å². The molecule has 0 radical (unpaired) electrons.